The van der Waals surface area contributed by atoms with Gasteiger partial charge in [0, 0.05) is 13.2 Å². The third-order valence-corrected chi connectivity index (χ3v) is 3.26. The Morgan fingerprint density at radius 2 is 2.05 bits per heavy atom. The van der Waals surface area contributed by atoms with Gasteiger partial charge in [0.2, 0.25) is 0 Å². The summed E-state index contributed by atoms with van der Waals surface area (Å²) in [4.78, 5) is 0. The number of alkyl halides is 3. The Morgan fingerprint density at radius 3 is 2.60 bits per heavy atom. The maximum absolute atomic E-state index is 12.7. The third-order valence-electron chi connectivity index (χ3n) is 3.26. The molecule has 0 amide bonds. The molecular weight excluding hydrogens is 267 g/mol. The van der Waals surface area contributed by atoms with Gasteiger partial charge in [-0.15, -0.1) is 0 Å². The number of aromatic nitrogens is 2. The molecule has 0 saturated carbocycles. The largest absolute Gasteiger partial charge is 0.416 e. The first-order valence-corrected chi connectivity index (χ1v) is 6.23. The minimum Gasteiger partial charge on any atom is -0.311 e. The van der Waals surface area contributed by atoms with Crippen LogP contribution in [0.25, 0.3) is 0 Å². The van der Waals surface area contributed by atoms with Gasteiger partial charge in [-0.05, 0) is 31.2 Å². The van der Waals surface area contributed by atoms with Gasteiger partial charge in [-0.2, -0.15) is 18.3 Å². The lowest BCUT2D eigenvalue weighted by atomic mass is 10.0. The zero-order chi connectivity index (χ0) is 14.8. The number of aryl methyl sites for hydroxylation is 1. The van der Waals surface area contributed by atoms with Gasteiger partial charge in [-0.1, -0.05) is 18.2 Å². The molecule has 0 fully saturated rings. The van der Waals surface area contributed by atoms with Crippen molar-refractivity contribution in [3.05, 3.63) is 53.3 Å². The zero-order valence-electron chi connectivity index (χ0n) is 11.3. The second kappa shape index (κ2) is 5.66. The van der Waals surface area contributed by atoms with Crippen LogP contribution in [0.4, 0.5) is 13.2 Å². The van der Waals surface area contributed by atoms with Crippen LogP contribution in [0.1, 0.15) is 22.9 Å². The van der Waals surface area contributed by atoms with Crippen molar-refractivity contribution < 1.29 is 13.2 Å². The van der Waals surface area contributed by atoms with Crippen LogP contribution in [-0.4, -0.2) is 16.8 Å². The molecule has 0 saturated heterocycles. The molecule has 108 valence electrons. The molecule has 1 aromatic heterocycles. The number of likely N-dealkylation sites (N-methyl/N-ethyl adjacent to an activating group) is 1. The second-order valence-corrected chi connectivity index (χ2v) is 4.62. The van der Waals surface area contributed by atoms with Crippen molar-refractivity contribution >= 4 is 0 Å². The molecule has 1 unspecified atom stereocenters. The number of hydrogen-bond donors (Lipinski definition) is 1. The summed E-state index contributed by atoms with van der Waals surface area (Å²) in [6, 6.07) is 7.20. The predicted molar refractivity (Wildman–Crippen MR) is 70.2 cm³/mol. The molecule has 1 atom stereocenters. The first-order valence-electron chi connectivity index (χ1n) is 6.23. The average molecular weight is 283 g/mol. The molecule has 0 aliphatic rings. The third kappa shape index (κ3) is 3.19. The molecule has 0 aliphatic carbocycles. The van der Waals surface area contributed by atoms with E-state index in [2.05, 4.69) is 10.4 Å². The maximum Gasteiger partial charge on any atom is 0.416 e. The van der Waals surface area contributed by atoms with Crippen molar-refractivity contribution in [1.29, 1.82) is 0 Å². The normalized spacial score (nSPS) is 13.4. The minimum absolute atomic E-state index is 0.0778. The van der Waals surface area contributed by atoms with Crippen LogP contribution in [0.3, 0.4) is 0 Å². The average Bonchev–Trinajstić information content (AvgIpc) is 2.81. The van der Waals surface area contributed by atoms with Crippen LogP contribution in [0, 0.1) is 0 Å². The summed E-state index contributed by atoms with van der Waals surface area (Å²) in [5.41, 5.74) is 0.958. The van der Waals surface area contributed by atoms with Crippen LogP contribution in [0.15, 0.2) is 36.5 Å². The van der Waals surface area contributed by atoms with Gasteiger partial charge in [0.25, 0.3) is 0 Å². The van der Waals surface area contributed by atoms with Gasteiger partial charge in [0.15, 0.2) is 0 Å². The van der Waals surface area contributed by atoms with Crippen LogP contribution >= 0.6 is 0 Å². The van der Waals surface area contributed by atoms with Crippen LogP contribution in [0.2, 0.25) is 0 Å². The summed E-state index contributed by atoms with van der Waals surface area (Å²) in [5, 5.41) is 7.19. The summed E-state index contributed by atoms with van der Waals surface area (Å²) >= 11 is 0. The van der Waals surface area contributed by atoms with Gasteiger partial charge < -0.3 is 5.32 Å². The van der Waals surface area contributed by atoms with E-state index in [0.29, 0.717) is 12.0 Å². The van der Waals surface area contributed by atoms with Crippen molar-refractivity contribution in [3.8, 4) is 0 Å². The van der Waals surface area contributed by atoms with Crippen molar-refractivity contribution in [1.82, 2.24) is 15.1 Å². The van der Waals surface area contributed by atoms with E-state index in [1.165, 1.54) is 12.1 Å². The summed E-state index contributed by atoms with van der Waals surface area (Å²) < 4.78 is 39.8. The molecule has 0 bridgehead atoms. The summed E-state index contributed by atoms with van der Waals surface area (Å²) in [6.07, 6.45) is -2.16. The van der Waals surface area contributed by atoms with E-state index >= 15 is 0 Å². The first-order chi connectivity index (χ1) is 9.41. The number of benzene rings is 1. The van der Waals surface area contributed by atoms with E-state index in [4.69, 9.17) is 0 Å². The number of nitrogens with one attached hydrogen (secondary N) is 1. The monoisotopic (exact) mass is 283 g/mol. The Balaban J connectivity index is 2.23. The van der Waals surface area contributed by atoms with Gasteiger partial charge in [-0.25, -0.2) is 0 Å². The molecule has 1 aromatic carbocycles. The molecule has 6 heteroatoms. The summed E-state index contributed by atoms with van der Waals surface area (Å²) in [5.74, 6) is 0. The SMILES string of the molecule is CNC(Cc1cccc(C(F)(F)F)c1)c1ccnn1C. The van der Waals surface area contributed by atoms with E-state index < -0.39 is 11.7 Å². The minimum atomic E-state index is -4.31. The molecule has 0 radical (unpaired) electrons. The van der Waals surface area contributed by atoms with E-state index in [9.17, 15) is 13.2 Å². The van der Waals surface area contributed by atoms with Gasteiger partial charge in [-0.3, -0.25) is 4.68 Å². The van der Waals surface area contributed by atoms with E-state index in [1.807, 2.05) is 13.1 Å². The molecule has 0 aliphatic heterocycles. The number of hydrogen-bond acceptors (Lipinski definition) is 2. The summed E-state index contributed by atoms with van der Waals surface area (Å²) in [7, 11) is 3.59. The fourth-order valence-corrected chi connectivity index (χ4v) is 2.19. The molecule has 20 heavy (non-hydrogen) atoms. The molecule has 3 nitrogen and oxygen atoms in total. The van der Waals surface area contributed by atoms with Crippen molar-refractivity contribution in [3.63, 3.8) is 0 Å². The van der Waals surface area contributed by atoms with Crippen molar-refractivity contribution in [2.24, 2.45) is 7.05 Å². The maximum atomic E-state index is 12.7. The smallest absolute Gasteiger partial charge is 0.311 e. The first kappa shape index (κ1) is 14.6. The molecule has 2 rings (SSSR count). The lowest BCUT2D eigenvalue weighted by molar-refractivity contribution is -0.137. The van der Waals surface area contributed by atoms with Crippen LogP contribution in [0.5, 0.6) is 0 Å². The lowest BCUT2D eigenvalue weighted by Crippen LogP contribution is -2.21. The molecule has 0 spiro atoms. The number of halogens is 3. The van der Waals surface area contributed by atoms with Crippen LogP contribution < -0.4 is 5.32 Å². The number of rotatable bonds is 4. The second-order valence-electron chi connectivity index (χ2n) is 4.62. The number of nitrogens with zero attached hydrogens (tertiary/aromatic N) is 2. The van der Waals surface area contributed by atoms with Crippen molar-refractivity contribution in [2.75, 3.05) is 7.05 Å². The fourth-order valence-electron chi connectivity index (χ4n) is 2.19. The predicted octanol–water partition coefficient (Wildman–Crippen LogP) is 2.94. The highest BCUT2D eigenvalue weighted by Crippen LogP contribution is 2.30. The Kier molecular flexibility index (Phi) is 4.13. The van der Waals surface area contributed by atoms with Gasteiger partial charge in [0.1, 0.15) is 0 Å². The highest BCUT2D eigenvalue weighted by Gasteiger charge is 2.30. The summed E-state index contributed by atoms with van der Waals surface area (Å²) in [6.45, 7) is 0. The fraction of sp³-hybridized carbons (Fsp3) is 0.357. The quantitative estimate of drug-likeness (QED) is 0.935. The molecule has 2 aromatic rings. The standard InChI is InChI=1S/C14H16F3N3/c1-18-12(13-6-7-19-20(13)2)9-10-4-3-5-11(8-10)14(15,16)17/h3-8,12,18H,9H2,1-2H3. The molecule has 1 heterocycles. The Labute approximate surface area is 115 Å². The molecule has 1 N–H and O–H groups in total. The Morgan fingerprint density at radius 1 is 1.30 bits per heavy atom. The van der Waals surface area contributed by atoms with Gasteiger partial charge in [0.05, 0.1) is 17.3 Å². The zero-order valence-corrected chi connectivity index (χ0v) is 11.3. The Hall–Kier alpha value is -1.82. The highest BCUT2D eigenvalue weighted by molar-refractivity contribution is 5.27. The van der Waals surface area contributed by atoms with Crippen molar-refractivity contribution in [2.45, 2.75) is 18.6 Å². The topological polar surface area (TPSA) is 29.9 Å². The Bertz CT molecular complexity index is 575. The van der Waals surface area contributed by atoms with E-state index in [-0.39, 0.29) is 6.04 Å². The van der Waals surface area contributed by atoms with E-state index in [1.54, 1.807) is 24.0 Å². The molecular formula is C14H16F3N3. The highest BCUT2D eigenvalue weighted by atomic mass is 19.4. The lowest BCUT2D eigenvalue weighted by Gasteiger charge is -2.17. The van der Waals surface area contributed by atoms with Crippen LogP contribution in [-0.2, 0) is 19.6 Å². The van der Waals surface area contributed by atoms with Gasteiger partial charge >= 0.3 is 6.18 Å². The van der Waals surface area contributed by atoms with E-state index in [0.717, 1.165) is 11.8 Å².